The molecule has 0 aliphatic rings. The van der Waals surface area contributed by atoms with E-state index in [0.29, 0.717) is 5.56 Å². The third kappa shape index (κ3) is 10.8. The van der Waals surface area contributed by atoms with Crippen LogP contribution >= 0.6 is 0 Å². The molecule has 2 aromatic rings. The van der Waals surface area contributed by atoms with Gasteiger partial charge in [-0.15, -0.1) is 0 Å². The third-order valence-electron chi connectivity index (χ3n) is 5.89. The second-order valence-corrected chi connectivity index (χ2v) is 10.3. The smallest absolute Gasteiger partial charge is 0.408 e. The number of carboxylic acids is 1. The van der Waals surface area contributed by atoms with Gasteiger partial charge >= 0.3 is 12.1 Å². The molecule has 39 heavy (non-hydrogen) atoms. The summed E-state index contributed by atoms with van der Waals surface area (Å²) in [4.78, 5) is 50.8. The number of nitrogens with one attached hydrogen (secondary N) is 3. The molecule has 0 radical (unpaired) electrons. The fourth-order valence-electron chi connectivity index (χ4n) is 3.96. The van der Waals surface area contributed by atoms with E-state index in [1.54, 1.807) is 42.5 Å². The summed E-state index contributed by atoms with van der Waals surface area (Å²) in [6.07, 6.45) is -1.79. The van der Waals surface area contributed by atoms with Gasteiger partial charge < -0.3 is 30.9 Å². The van der Waals surface area contributed by atoms with Crippen molar-refractivity contribution in [3.05, 3.63) is 71.8 Å². The first-order chi connectivity index (χ1) is 18.5. The van der Waals surface area contributed by atoms with Crippen molar-refractivity contribution in [2.45, 2.75) is 71.4 Å². The number of hydrogen-bond acceptors (Lipinski definition) is 6. The van der Waals surface area contributed by atoms with E-state index >= 15 is 0 Å². The van der Waals surface area contributed by atoms with E-state index in [9.17, 15) is 29.4 Å². The van der Waals surface area contributed by atoms with Crippen molar-refractivity contribution in [3.63, 3.8) is 0 Å². The summed E-state index contributed by atoms with van der Waals surface area (Å²) in [5, 5.41) is 27.9. The lowest BCUT2D eigenvalue weighted by atomic mass is 9.98. The van der Waals surface area contributed by atoms with Crippen LogP contribution in [0.2, 0.25) is 0 Å². The maximum atomic E-state index is 13.2. The fraction of sp³-hybridized carbons (Fsp3) is 0.448. The zero-order valence-electron chi connectivity index (χ0n) is 22.8. The van der Waals surface area contributed by atoms with Crippen molar-refractivity contribution in [1.82, 2.24) is 16.0 Å². The Balaban J connectivity index is 2.12. The summed E-state index contributed by atoms with van der Waals surface area (Å²) < 4.78 is 5.25. The molecule has 0 unspecified atom stereocenters. The zero-order chi connectivity index (χ0) is 28.9. The average Bonchev–Trinajstić information content (AvgIpc) is 2.89. The number of benzene rings is 2. The first-order valence-electron chi connectivity index (χ1n) is 13.0. The Morgan fingerprint density at radius 1 is 0.744 bits per heavy atom. The van der Waals surface area contributed by atoms with E-state index in [4.69, 9.17) is 4.74 Å². The number of alkyl carbamates (subject to hydrolysis) is 1. The van der Waals surface area contributed by atoms with Gasteiger partial charge in [0.15, 0.2) is 6.04 Å². The number of hydrogen-bond donors (Lipinski definition) is 5. The Labute approximate surface area is 229 Å². The Kier molecular flexibility index (Phi) is 12.4. The van der Waals surface area contributed by atoms with E-state index < -0.39 is 48.1 Å². The summed E-state index contributed by atoms with van der Waals surface area (Å²) in [6, 6.07) is 13.5. The third-order valence-corrected chi connectivity index (χ3v) is 5.89. The predicted molar refractivity (Wildman–Crippen MR) is 145 cm³/mol. The van der Waals surface area contributed by atoms with Gasteiger partial charge in [-0.05, 0) is 35.8 Å². The van der Waals surface area contributed by atoms with Crippen LogP contribution in [0.4, 0.5) is 4.79 Å². The molecule has 0 bridgehead atoms. The van der Waals surface area contributed by atoms with Crippen molar-refractivity contribution < 1.29 is 34.1 Å². The fourth-order valence-corrected chi connectivity index (χ4v) is 3.96. The highest BCUT2D eigenvalue weighted by Gasteiger charge is 2.34. The summed E-state index contributed by atoms with van der Waals surface area (Å²) in [6.45, 7) is 7.51. The number of amides is 3. The van der Waals surface area contributed by atoms with Gasteiger partial charge in [-0.25, -0.2) is 9.59 Å². The van der Waals surface area contributed by atoms with Crippen molar-refractivity contribution in [3.8, 4) is 0 Å². The molecule has 0 aromatic heterocycles. The van der Waals surface area contributed by atoms with E-state index in [1.807, 2.05) is 45.9 Å². The number of carboxylic acid groups (broad SMARTS) is 1. The van der Waals surface area contributed by atoms with Gasteiger partial charge in [-0.2, -0.15) is 0 Å². The molecular formula is C29H39N3O7. The number of rotatable bonds is 14. The van der Waals surface area contributed by atoms with Gasteiger partial charge in [0.1, 0.15) is 24.8 Å². The lowest BCUT2D eigenvalue weighted by Gasteiger charge is -2.27. The van der Waals surface area contributed by atoms with Crippen molar-refractivity contribution in [2.24, 2.45) is 11.8 Å². The quantitative estimate of drug-likeness (QED) is 0.246. The first kappa shape index (κ1) is 31.3. The minimum absolute atomic E-state index is 0.0292. The van der Waals surface area contributed by atoms with Crippen LogP contribution in [-0.2, 0) is 25.7 Å². The summed E-state index contributed by atoms with van der Waals surface area (Å²) in [5.74, 6) is -2.78. The van der Waals surface area contributed by atoms with Crippen LogP contribution in [0, 0.1) is 11.8 Å². The Hall–Kier alpha value is -3.92. The molecular weight excluding hydrogens is 502 g/mol. The normalized spacial score (nSPS) is 14.1. The Bertz CT molecular complexity index is 1080. The Morgan fingerprint density at radius 3 is 1.74 bits per heavy atom. The molecule has 4 atom stereocenters. The van der Waals surface area contributed by atoms with Crippen LogP contribution in [0.1, 0.15) is 57.8 Å². The highest BCUT2D eigenvalue weighted by molar-refractivity contribution is 5.93. The SMILES string of the molecule is CC(C)C[C@H](NC(=O)[C@@H](CC(C)C)NC(=O)OCc1ccccc1)C(=O)N[C@H](C(=O)O)[C@H](O)c1ccccc1. The average molecular weight is 542 g/mol. The molecule has 0 saturated heterocycles. The minimum Gasteiger partial charge on any atom is -0.480 e. The monoisotopic (exact) mass is 541 g/mol. The second-order valence-electron chi connectivity index (χ2n) is 10.3. The van der Waals surface area contributed by atoms with E-state index in [0.717, 1.165) is 5.56 Å². The maximum Gasteiger partial charge on any atom is 0.408 e. The molecule has 0 saturated carbocycles. The van der Waals surface area contributed by atoms with Crippen LogP contribution < -0.4 is 16.0 Å². The maximum absolute atomic E-state index is 13.2. The lowest BCUT2D eigenvalue weighted by Crippen LogP contribution is -2.57. The predicted octanol–water partition coefficient (Wildman–Crippen LogP) is 3.16. The molecule has 3 amide bonds. The van der Waals surface area contributed by atoms with Crippen LogP contribution in [0.15, 0.2) is 60.7 Å². The van der Waals surface area contributed by atoms with Gasteiger partial charge in [0.2, 0.25) is 11.8 Å². The van der Waals surface area contributed by atoms with Gasteiger partial charge in [0.25, 0.3) is 0 Å². The lowest BCUT2D eigenvalue weighted by molar-refractivity contribution is -0.145. The number of carbonyl (C=O) groups excluding carboxylic acids is 3. The number of aliphatic carboxylic acids is 1. The largest absolute Gasteiger partial charge is 0.480 e. The van der Waals surface area contributed by atoms with Crippen LogP contribution in [-0.4, -0.2) is 52.2 Å². The zero-order valence-corrected chi connectivity index (χ0v) is 22.8. The van der Waals surface area contributed by atoms with Crippen molar-refractivity contribution in [2.75, 3.05) is 0 Å². The standard InChI is InChI=1S/C29H39N3O7/c1-18(2)15-22(27(35)32-24(28(36)37)25(33)21-13-9-6-10-14-21)30-26(34)23(16-19(3)4)31-29(38)39-17-20-11-7-5-8-12-20/h5-14,18-19,22-25,33H,15-17H2,1-4H3,(H,30,34)(H,31,38)(H,32,35)(H,36,37)/t22-,23+,24-,25+/m0/s1. The molecule has 10 nitrogen and oxygen atoms in total. The number of carbonyl (C=O) groups is 4. The molecule has 212 valence electrons. The van der Waals surface area contributed by atoms with Crippen LogP contribution in [0.25, 0.3) is 0 Å². The molecule has 5 N–H and O–H groups in total. The first-order valence-corrected chi connectivity index (χ1v) is 13.0. The number of aliphatic hydroxyl groups is 1. The van der Waals surface area contributed by atoms with Crippen molar-refractivity contribution >= 4 is 23.9 Å². The van der Waals surface area contributed by atoms with E-state index in [2.05, 4.69) is 16.0 Å². The van der Waals surface area contributed by atoms with E-state index in [1.165, 1.54) is 0 Å². The van der Waals surface area contributed by atoms with Crippen LogP contribution in [0.5, 0.6) is 0 Å². The van der Waals surface area contributed by atoms with Gasteiger partial charge in [0.05, 0.1) is 0 Å². The molecule has 0 aliphatic heterocycles. The summed E-state index contributed by atoms with van der Waals surface area (Å²) in [5.41, 5.74) is 1.11. The molecule has 10 heteroatoms. The molecule has 0 spiro atoms. The molecule has 2 rings (SSSR count). The highest BCUT2D eigenvalue weighted by Crippen LogP contribution is 2.18. The summed E-state index contributed by atoms with van der Waals surface area (Å²) in [7, 11) is 0. The van der Waals surface area contributed by atoms with E-state index in [-0.39, 0.29) is 31.3 Å². The highest BCUT2D eigenvalue weighted by atomic mass is 16.5. The molecule has 0 fully saturated rings. The molecule has 0 heterocycles. The number of ether oxygens (including phenoxy) is 1. The topological polar surface area (TPSA) is 154 Å². The summed E-state index contributed by atoms with van der Waals surface area (Å²) >= 11 is 0. The minimum atomic E-state index is -1.64. The molecule has 2 aromatic carbocycles. The van der Waals surface area contributed by atoms with Gasteiger partial charge in [-0.1, -0.05) is 88.4 Å². The van der Waals surface area contributed by atoms with Crippen molar-refractivity contribution in [1.29, 1.82) is 0 Å². The van der Waals surface area contributed by atoms with Gasteiger partial charge in [-0.3, -0.25) is 9.59 Å². The number of aliphatic hydroxyl groups excluding tert-OH is 1. The van der Waals surface area contributed by atoms with Crippen LogP contribution in [0.3, 0.4) is 0 Å². The second kappa shape index (κ2) is 15.5. The molecule has 0 aliphatic carbocycles. The van der Waals surface area contributed by atoms with Gasteiger partial charge in [0, 0.05) is 0 Å². The Morgan fingerprint density at radius 2 is 1.23 bits per heavy atom.